The second-order valence-corrected chi connectivity index (χ2v) is 7.78. The van der Waals surface area contributed by atoms with Gasteiger partial charge in [-0.15, -0.1) is 0 Å². The summed E-state index contributed by atoms with van der Waals surface area (Å²) in [5, 5.41) is 14.0. The Morgan fingerprint density at radius 1 is 1.27 bits per heavy atom. The number of aromatic nitrogens is 2. The molecular formula is C17H24N4O5. The lowest BCUT2D eigenvalue weighted by Gasteiger charge is -2.28. The molecule has 0 radical (unpaired) electrons. The van der Waals surface area contributed by atoms with Crippen LogP contribution in [0.3, 0.4) is 0 Å². The van der Waals surface area contributed by atoms with Gasteiger partial charge in [0.2, 0.25) is 0 Å². The van der Waals surface area contributed by atoms with Crippen LogP contribution >= 0.6 is 0 Å². The summed E-state index contributed by atoms with van der Waals surface area (Å²) in [5.41, 5.74) is 0.724. The minimum absolute atomic E-state index is 0.171. The molecule has 3 heterocycles. The number of carboxylic acid groups (broad SMARTS) is 1. The molecule has 26 heavy (non-hydrogen) atoms. The predicted octanol–water partition coefficient (Wildman–Crippen LogP) is 1.28. The zero-order valence-electron chi connectivity index (χ0n) is 15.5. The zero-order chi connectivity index (χ0) is 19.2. The molecule has 2 aliphatic rings. The van der Waals surface area contributed by atoms with Crippen molar-refractivity contribution >= 4 is 18.0 Å². The number of hydrogen-bond donors (Lipinski definition) is 1. The number of carbonyl (C=O) groups excluding carboxylic acids is 2. The molecule has 1 aromatic rings. The van der Waals surface area contributed by atoms with E-state index < -0.39 is 29.6 Å². The van der Waals surface area contributed by atoms with Crippen LogP contribution in [-0.2, 0) is 22.5 Å². The molecule has 1 unspecified atom stereocenters. The summed E-state index contributed by atoms with van der Waals surface area (Å²) in [6.07, 6.45) is 0.101. The number of aliphatic carboxylic acids is 1. The van der Waals surface area contributed by atoms with Crippen molar-refractivity contribution < 1.29 is 24.2 Å². The minimum Gasteiger partial charge on any atom is -0.480 e. The first-order valence-electron chi connectivity index (χ1n) is 8.65. The molecule has 2 aliphatic heterocycles. The van der Waals surface area contributed by atoms with Crippen molar-refractivity contribution in [3.63, 3.8) is 0 Å². The Balaban J connectivity index is 1.99. The third-order valence-corrected chi connectivity index (χ3v) is 4.51. The van der Waals surface area contributed by atoms with Crippen molar-refractivity contribution in [2.45, 2.75) is 51.8 Å². The van der Waals surface area contributed by atoms with Crippen LogP contribution in [0.5, 0.6) is 0 Å². The molecule has 0 fully saturated rings. The maximum atomic E-state index is 13.0. The number of ether oxygens (including phenoxy) is 1. The number of nitrogens with zero attached hydrogens (tertiary/aromatic N) is 4. The van der Waals surface area contributed by atoms with E-state index in [2.05, 4.69) is 5.10 Å². The van der Waals surface area contributed by atoms with Crippen molar-refractivity contribution in [1.82, 2.24) is 19.6 Å². The molecule has 1 aromatic heterocycles. The molecule has 3 rings (SSSR count). The maximum absolute atomic E-state index is 13.0. The minimum atomic E-state index is -0.974. The topological polar surface area (TPSA) is 105 Å². The molecular weight excluding hydrogens is 340 g/mol. The first-order chi connectivity index (χ1) is 12.1. The van der Waals surface area contributed by atoms with Crippen LogP contribution < -0.4 is 0 Å². The van der Waals surface area contributed by atoms with E-state index in [1.807, 2.05) is 11.9 Å². The zero-order valence-corrected chi connectivity index (χ0v) is 15.5. The van der Waals surface area contributed by atoms with Crippen molar-refractivity contribution in [3.8, 4) is 0 Å². The molecule has 9 nitrogen and oxygen atoms in total. The van der Waals surface area contributed by atoms with Crippen molar-refractivity contribution in [3.05, 3.63) is 17.0 Å². The smallest absolute Gasteiger partial charge is 0.417 e. The number of carbonyl (C=O) groups is 3. The Kier molecular flexibility index (Phi) is 4.51. The van der Waals surface area contributed by atoms with Crippen LogP contribution in [0.15, 0.2) is 0 Å². The maximum Gasteiger partial charge on any atom is 0.417 e. The Bertz CT molecular complexity index is 764. The van der Waals surface area contributed by atoms with Crippen molar-refractivity contribution in [1.29, 1.82) is 0 Å². The Labute approximate surface area is 151 Å². The first-order valence-corrected chi connectivity index (χ1v) is 8.65. The van der Waals surface area contributed by atoms with Crippen LogP contribution in [0, 0.1) is 0 Å². The van der Waals surface area contributed by atoms with E-state index >= 15 is 0 Å². The predicted molar refractivity (Wildman–Crippen MR) is 90.8 cm³/mol. The van der Waals surface area contributed by atoms with Gasteiger partial charge in [-0.05, 0) is 34.2 Å². The van der Waals surface area contributed by atoms with E-state index in [-0.39, 0.29) is 6.54 Å². The fraction of sp³-hybridized carbons (Fsp3) is 0.647. The lowest BCUT2D eigenvalue weighted by molar-refractivity contribution is -0.141. The number of rotatable bonds is 1. The van der Waals surface area contributed by atoms with Crippen LogP contribution in [0.25, 0.3) is 0 Å². The number of imide groups is 1. The average molecular weight is 364 g/mol. The largest absolute Gasteiger partial charge is 0.480 e. The van der Waals surface area contributed by atoms with Gasteiger partial charge in [-0.1, -0.05) is 0 Å². The number of hydrogen-bond acceptors (Lipinski definition) is 6. The van der Waals surface area contributed by atoms with E-state index in [1.165, 1.54) is 4.68 Å². The molecule has 0 saturated carbocycles. The van der Waals surface area contributed by atoms with Crippen molar-refractivity contribution in [2.24, 2.45) is 0 Å². The van der Waals surface area contributed by atoms with Gasteiger partial charge in [-0.25, -0.2) is 14.5 Å². The van der Waals surface area contributed by atoms with E-state index in [1.54, 1.807) is 20.8 Å². The van der Waals surface area contributed by atoms with Gasteiger partial charge in [0.05, 0.1) is 17.0 Å². The monoisotopic (exact) mass is 364 g/mol. The lowest BCUT2D eigenvalue weighted by atomic mass is 10.0. The van der Waals surface area contributed by atoms with Gasteiger partial charge < -0.3 is 14.7 Å². The molecule has 2 amide bonds. The second-order valence-electron chi connectivity index (χ2n) is 7.78. The molecule has 0 spiro atoms. The fourth-order valence-electron chi connectivity index (χ4n) is 3.33. The molecule has 0 bridgehead atoms. The Hall–Kier alpha value is -2.42. The fourth-order valence-corrected chi connectivity index (χ4v) is 3.33. The van der Waals surface area contributed by atoms with Gasteiger partial charge >= 0.3 is 12.1 Å². The summed E-state index contributed by atoms with van der Waals surface area (Å²) in [6, 6.07) is -0.816. The highest BCUT2D eigenvalue weighted by Gasteiger charge is 2.39. The van der Waals surface area contributed by atoms with E-state index in [0.717, 1.165) is 4.90 Å². The summed E-state index contributed by atoms with van der Waals surface area (Å²) in [5.74, 6) is -1.45. The quantitative estimate of drug-likeness (QED) is 0.800. The second kappa shape index (κ2) is 6.39. The van der Waals surface area contributed by atoms with E-state index in [9.17, 15) is 19.5 Å². The number of carboxylic acids is 1. The van der Waals surface area contributed by atoms with Gasteiger partial charge in [0.1, 0.15) is 5.60 Å². The summed E-state index contributed by atoms with van der Waals surface area (Å²) >= 11 is 0. The third kappa shape index (κ3) is 3.31. The lowest BCUT2D eigenvalue weighted by Crippen LogP contribution is -2.45. The SMILES string of the molecule is CN1CCC(C(=O)O)n2nc3c(c2C1)C(=O)N(C(=O)OC(C)(C)C)CC3. The van der Waals surface area contributed by atoms with E-state index in [0.29, 0.717) is 42.9 Å². The molecule has 1 atom stereocenters. The summed E-state index contributed by atoms with van der Waals surface area (Å²) in [4.78, 5) is 40.0. The highest BCUT2D eigenvalue weighted by atomic mass is 16.6. The normalized spacial score (nSPS) is 21.0. The van der Waals surface area contributed by atoms with Gasteiger partial charge in [0.25, 0.3) is 5.91 Å². The van der Waals surface area contributed by atoms with Crippen LogP contribution in [0.2, 0.25) is 0 Å². The highest BCUT2D eigenvalue weighted by Crippen LogP contribution is 2.30. The standard InChI is InChI=1S/C17H24N4O5/c1-17(2,3)26-16(25)20-8-5-10-13(14(20)22)12-9-19(4)7-6-11(15(23)24)21(12)18-10/h11H,5-9H2,1-4H3,(H,23,24). The average Bonchev–Trinajstić information content (AvgIpc) is 2.76. The highest BCUT2D eigenvalue weighted by molar-refractivity contribution is 6.05. The summed E-state index contributed by atoms with van der Waals surface area (Å²) in [6.45, 7) is 6.37. The first kappa shape index (κ1) is 18.4. The molecule has 1 N–H and O–H groups in total. The number of amides is 2. The van der Waals surface area contributed by atoms with E-state index in [4.69, 9.17) is 4.74 Å². The summed E-state index contributed by atoms with van der Waals surface area (Å²) < 4.78 is 6.77. The van der Waals surface area contributed by atoms with Gasteiger partial charge in [0, 0.05) is 26.1 Å². The van der Waals surface area contributed by atoms with Gasteiger partial charge in [-0.3, -0.25) is 9.48 Å². The van der Waals surface area contributed by atoms with Crippen molar-refractivity contribution in [2.75, 3.05) is 20.1 Å². The Morgan fingerprint density at radius 2 is 1.96 bits per heavy atom. The number of fused-ring (bicyclic) bond motifs is 3. The molecule has 9 heteroatoms. The van der Waals surface area contributed by atoms with Crippen LogP contribution in [-0.4, -0.2) is 68.4 Å². The Morgan fingerprint density at radius 3 is 2.58 bits per heavy atom. The molecule has 0 aliphatic carbocycles. The van der Waals surface area contributed by atoms with Gasteiger partial charge in [0.15, 0.2) is 6.04 Å². The summed E-state index contributed by atoms with van der Waals surface area (Å²) in [7, 11) is 1.87. The molecule has 0 aromatic carbocycles. The van der Waals surface area contributed by atoms with Crippen LogP contribution in [0.1, 0.15) is 55.0 Å². The molecule has 142 valence electrons. The molecule has 0 saturated heterocycles. The van der Waals surface area contributed by atoms with Crippen LogP contribution in [0.4, 0.5) is 4.79 Å². The van der Waals surface area contributed by atoms with Gasteiger partial charge in [-0.2, -0.15) is 5.10 Å². The third-order valence-electron chi connectivity index (χ3n) is 4.51.